The summed E-state index contributed by atoms with van der Waals surface area (Å²) in [6, 6.07) is 8.43. The van der Waals surface area contributed by atoms with Crippen LogP contribution in [0.15, 0.2) is 24.3 Å². The van der Waals surface area contributed by atoms with Gasteiger partial charge in [-0.1, -0.05) is 46.8 Å². The molecule has 2 atom stereocenters. The number of unbranched alkanes of at least 4 members (excludes halogenated alkanes) is 1. The molecule has 0 bridgehead atoms. The first-order valence-electron chi connectivity index (χ1n) is 10.1. The number of rotatable bonds is 11. The fourth-order valence-corrected chi connectivity index (χ4v) is 3.09. The van der Waals surface area contributed by atoms with Crippen molar-refractivity contribution >= 4 is 5.97 Å². The molecule has 0 aromatic heterocycles. The molecule has 0 fully saturated rings. The van der Waals surface area contributed by atoms with E-state index in [9.17, 15) is 4.79 Å². The quantitative estimate of drug-likeness (QED) is 0.271. The monoisotopic (exact) mass is 378 g/mol. The molecule has 0 N–H and O–H groups in total. The highest BCUT2D eigenvalue weighted by Crippen LogP contribution is 2.36. The minimum absolute atomic E-state index is 0.238. The van der Waals surface area contributed by atoms with E-state index in [4.69, 9.17) is 14.2 Å². The number of esters is 1. The molecule has 154 valence electrons. The minimum Gasteiger partial charge on any atom is -0.466 e. The molecule has 1 aromatic rings. The molecule has 0 spiro atoms. The maximum Gasteiger partial charge on any atom is 0.302 e. The van der Waals surface area contributed by atoms with Crippen LogP contribution in [0.5, 0.6) is 5.75 Å². The Hall–Kier alpha value is -1.55. The van der Waals surface area contributed by atoms with Gasteiger partial charge >= 0.3 is 5.97 Å². The zero-order valence-electron chi connectivity index (χ0n) is 18.2. The summed E-state index contributed by atoms with van der Waals surface area (Å²) in [6.07, 6.45) is 2.49. The second-order valence-electron chi connectivity index (χ2n) is 8.79. The first kappa shape index (κ1) is 23.5. The van der Waals surface area contributed by atoms with Crippen LogP contribution >= 0.6 is 0 Å². The highest BCUT2D eigenvalue weighted by molar-refractivity contribution is 5.65. The molecular weight excluding hydrogens is 340 g/mol. The Morgan fingerprint density at radius 3 is 2.11 bits per heavy atom. The van der Waals surface area contributed by atoms with Crippen molar-refractivity contribution in [2.45, 2.75) is 79.9 Å². The van der Waals surface area contributed by atoms with Gasteiger partial charge in [-0.25, -0.2) is 0 Å². The second kappa shape index (κ2) is 11.3. The minimum atomic E-state index is -0.306. The van der Waals surface area contributed by atoms with Gasteiger partial charge in [-0.2, -0.15) is 0 Å². The molecule has 4 nitrogen and oxygen atoms in total. The van der Waals surface area contributed by atoms with Gasteiger partial charge in [0.05, 0.1) is 13.2 Å². The van der Waals surface area contributed by atoms with Crippen molar-refractivity contribution in [1.29, 1.82) is 0 Å². The van der Waals surface area contributed by atoms with Crippen LogP contribution in [-0.2, 0) is 14.3 Å². The lowest BCUT2D eigenvalue weighted by molar-refractivity contribution is -0.141. The highest BCUT2D eigenvalue weighted by atomic mass is 16.7. The van der Waals surface area contributed by atoms with Crippen LogP contribution in [0.4, 0.5) is 0 Å². The molecule has 1 aromatic carbocycles. The Labute approximate surface area is 165 Å². The Kier molecular flexibility index (Phi) is 9.86. The van der Waals surface area contributed by atoms with Gasteiger partial charge in [-0.05, 0) is 61.1 Å². The van der Waals surface area contributed by atoms with Crippen molar-refractivity contribution in [3.8, 4) is 5.75 Å². The summed E-state index contributed by atoms with van der Waals surface area (Å²) in [6.45, 7) is 15.8. The van der Waals surface area contributed by atoms with Gasteiger partial charge < -0.3 is 14.2 Å². The SMILES string of the molecule is CC(=O)OCCCCOC(C)Oc1ccc(C(CC(C)(C)C)C(C)C)cc1. The van der Waals surface area contributed by atoms with Crippen molar-refractivity contribution < 1.29 is 19.0 Å². The lowest BCUT2D eigenvalue weighted by Crippen LogP contribution is -2.18. The van der Waals surface area contributed by atoms with Crippen LogP contribution < -0.4 is 4.74 Å². The molecule has 4 heteroatoms. The Morgan fingerprint density at radius 2 is 1.59 bits per heavy atom. The molecule has 27 heavy (non-hydrogen) atoms. The fourth-order valence-electron chi connectivity index (χ4n) is 3.09. The van der Waals surface area contributed by atoms with Gasteiger partial charge in [-0.3, -0.25) is 4.79 Å². The van der Waals surface area contributed by atoms with E-state index in [1.54, 1.807) is 0 Å². The molecule has 0 aliphatic carbocycles. The van der Waals surface area contributed by atoms with Crippen molar-refractivity contribution in [3.63, 3.8) is 0 Å². The largest absolute Gasteiger partial charge is 0.466 e. The van der Waals surface area contributed by atoms with E-state index in [-0.39, 0.29) is 12.3 Å². The van der Waals surface area contributed by atoms with E-state index in [1.807, 2.05) is 19.1 Å². The molecule has 0 amide bonds. The third-order valence-electron chi connectivity index (χ3n) is 4.44. The molecule has 0 aliphatic rings. The van der Waals surface area contributed by atoms with E-state index >= 15 is 0 Å². The molecule has 2 unspecified atom stereocenters. The van der Waals surface area contributed by atoms with Gasteiger partial charge in [0.2, 0.25) is 0 Å². The van der Waals surface area contributed by atoms with Crippen LogP contribution in [0.3, 0.4) is 0 Å². The zero-order chi connectivity index (χ0) is 20.4. The third-order valence-corrected chi connectivity index (χ3v) is 4.44. The molecule has 0 aliphatic heterocycles. The lowest BCUT2D eigenvalue weighted by atomic mass is 9.76. The van der Waals surface area contributed by atoms with Crippen molar-refractivity contribution in [3.05, 3.63) is 29.8 Å². The molecule has 1 rings (SSSR count). The summed E-state index contributed by atoms with van der Waals surface area (Å²) >= 11 is 0. The first-order valence-corrected chi connectivity index (χ1v) is 10.1. The number of ether oxygens (including phenoxy) is 3. The molecular formula is C23H38O4. The van der Waals surface area contributed by atoms with Gasteiger partial charge in [0.15, 0.2) is 6.29 Å². The summed E-state index contributed by atoms with van der Waals surface area (Å²) in [4.78, 5) is 10.7. The molecule has 0 heterocycles. The summed E-state index contributed by atoms with van der Waals surface area (Å²) in [5.74, 6) is 1.73. The number of carbonyl (C=O) groups excluding carboxylic acids is 1. The van der Waals surface area contributed by atoms with Crippen molar-refractivity contribution in [2.24, 2.45) is 11.3 Å². The van der Waals surface area contributed by atoms with Crippen LogP contribution in [0.2, 0.25) is 0 Å². The van der Waals surface area contributed by atoms with E-state index in [0.717, 1.165) is 25.0 Å². The molecule has 0 saturated carbocycles. The fraction of sp³-hybridized carbons (Fsp3) is 0.696. The number of hydrogen-bond donors (Lipinski definition) is 0. The summed E-state index contributed by atoms with van der Waals surface area (Å²) in [5.41, 5.74) is 1.67. The maximum atomic E-state index is 10.7. The topological polar surface area (TPSA) is 44.8 Å². The van der Waals surface area contributed by atoms with Gasteiger partial charge in [0.25, 0.3) is 0 Å². The maximum absolute atomic E-state index is 10.7. The number of hydrogen-bond acceptors (Lipinski definition) is 4. The first-order chi connectivity index (χ1) is 12.6. The Balaban J connectivity index is 2.45. The molecule has 0 radical (unpaired) electrons. The second-order valence-corrected chi connectivity index (χ2v) is 8.79. The number of benzene rings is 1. The standard InChI is InChI=1S/C23H38O4/c1-17(2)22(16-23(5,6)7)20-10-12-21(13-11-20)27-19(4)26-15-9-8-14-25-18(3)24/h10-13,17,19,22H,8-9,14-16H2,1-7H3. The average molecular weight is 379 g/mol. The predicted octanol–water partition coefficient (Wildman–Crippen LogP) is 5.95. The number of carbonyl (C=O) groups is 1. The third kappa shape index (κ3) is 10.4. The van der Waals surface area contributed by atoms with Crippen LogP contribution in [0, 0.1) is 11.3 Å². The predicted molar refractivity (Wildman–Crippen MR) is 110 cm³/mol. The van der Waals surface area contributed by atoms with E-state index in [0.29, 0.717) is 30.5 Å². The average Bonchev–Trinajstić information content (AvgIpc) is 2.55. The van der Waals surface area contributed by atoms with Crippen molar-refractivity contribution in [1.82, 2.24) is 0 Å². The summed E-state index contributed by atoms with van der Waals surface area (Å²) in [5, 5.41) is 0. The molecule has 0 saturated heterocycles. The van der Waals surface area contributed by atoms with Crippen molar-refractivity contribution in [2.75, 3.05) is 13.2 Å². The Bertz CT molecular complexity index is 542. The Morgan fingerprint density at radius 1 is 1.00 bits per heavy atom. The van der Waals surface area contributed by atoms with E-state index in [2.05, 4.69) is 46.8 Å². The normalized spacial score (nSPS) is 14.1. The van der Waals surface area contributed by atoms with E-state index < -0.39 is 0 Å². The van der Waals surface area contributed by atoms with Gasteiger partial charge in [-0.15, -0.1) is 0 Å². The summed E-state index contributed by atoms with van der Waals surface area (Å²) < 4.78 is 16.4. The van der Waals surface area contributed by atoms with Crippen LogP contribution in [0.1, 0.15) is 79.2 Å². The zero-order valence-corrected chi connectivity index (χ0v) is 18.2. The van der Waals surface area contributed by atoms with E-state index in [1.165, 1.54) is 12.5 Å². The lowest BCUT2D eigenvalue weighted by Gasteiger charge is -2.29. The van der Waals surface area contributed by atoms with Gasteiger partial charge in [0, 0.05) is 6.92 Å². The van der Waals surface area contributed by atoms with Crippen LogP contribution in [-0.4, -0.2) is 25.5 Å². The summed E-state index contributed by atoms with van der Waals surface area (Å²) in [7, 11) is 0. The smallest absolute Gasteiger partial charge is 0.302 e. The van der Waals surface area contributed by atoms with Gasteiger partial charge in [0.1, 0.15) is 5.75 Å². The highest BCUT2D eigenvalue weighted by Gasteiger charge is 2.23. The van der Waals surface area contributed by atoms with Crippen LogP contribution in [0.25, 0.3) is 0 Å².